The third-order valence-electron chi connectivity index (χ3n) is 2.32. The summed E-state index contributed by atoms with van der Waals surface area (Å²) < 4.78 is 0. The zero-order valence-electron chi connectivity index (χ0n) is 8.08. The van der Waals surface area contributed by atoms with Gasteiger partial charge < -0.3 is 9.78 Å². The van der Waals surface area contributed by atoms with Crippen LogP contribution in [0.4, 0.5) is 0 Å². The lowest BCUT2D eigenvalue weighted by atomic mass is 10.1. The number of pyridine rings is 1. The molecule has 0 aliphatic carbocycles. The molecule has 14 heavy (non-hydrogen) atoms. The first kappa shape index (κ1) is 8.94. The lowest BCUT2D eigenvalue weighted by Gasteiger charge is -1.95. The van der Waals surface area contributed by atoms with E-state index in [4.69, 9.17) is 0 Å². The average Bonchev–Trinajstić information content (AvgIpc) is 2.58. The number of hydrogen-bond donors (Lipinski definition) is 1. The zero-order valence-corrected chi connectivity index (χ0v) is 8.08. The number of H-pyrrole nitrogens is 1. The number of nitrogens with zero attached hydrogens (tertiary/aromatic N) is 1. The summed E-state index contributed by atoms with van der Waals surface area (Å²) in [6.07, 6.45) is 6.94. The van der Waals surface area contributed by atoms with E-state index in [1.54, 1.807) is 13.1 Å². The molecule has 0 radical (unpaired) electrons. The highest BCUT2D eigenvalue weighted by Gasteiger charge is 2.03. The minimum atomic E-state index is 0.225. The van der Waals surface area contributed by atoms with Crippen molar-refractivity contribution in [3.63, 3.8) is 0 Å². The van der Waals surface area contributed by atoms with Crippen LogP contribution in [0.3, 0.4) is 0 Å². The van der Waals surface area contributed by atoms with Crippen LogP contribution in [0.25, 0.3) is 10.9 Å². The van der Waals surface area contributed by atoms with Crippen LogP contribution < -0.4 is 0 Å². The molecule has 2 rings (SSSR count). The van der Waals surface area contributed by atoms with Gasteiger partial charge in [-0.1, -0.05) is 0 Å². The van der Waals surface area contributed by atoms with Gasteiger partial charge in [0, 0.05) is 35.9 Å². The molecule has 3 heteroatoms. The standard InChI is InChI=1S/C11H12N2O/c1-8(14)2-3-9-6-13-11-4-5-12-7-10(9)11/h4-7,13H,2-3H2,1H3. The van der Waals surface area contributed by atoms with E-state index in [1.807, 2.05) is 18.5 Å². The van der Waals surface area contributed by atoms with E-state index in [0.717, 1.165) is 17.3 Å². The van der Waals surface area contributed by atoms with Crippen molar-refractivity contribution in [2.24, 2.45) is 0 Å². The molecule has 0 atom stereocenters. The molecular formula is C11H12N2O. The Morgan fingerprint density at radius 2 is 2.43 bits per heavy atom. The molecule has 0 saturated carbocycles. The molecule has 1 N–H and O–H groups in total. The van der Waals surface area contributed by atoms with E-state index < -0.39 is 0 Å². The molecular weight excluding hydrogens is 176 g/mol. The van der Waals surface area contributed by atoms with E-state index in [-0.39, 0.29) is 5.78 Å². The number of carbonyl (C=O) groups excluding carboxylic acids is 1. The third-order valence-corrected chi connectivity index (χ3v) is 2.32. The van der Waals surface area contributed by atoms with Gasteiger partial charge in [0.05, 0.1) is 0 Å². The molecule has 0 bridgehead atoms. The van der Waals surface area contributed by atoms with Crippen LogP contribution in [0, 0.1) is 0 Å². The van der Waals surface area contributed by atoms with Gasteiger partial charge in [-0.15, -0.1) is 0 Å². The summed E-state index contributed by atoms with van der Waals surface area (Å²) >= 11 is 0. The van der Waals surface area contributed by atoms with Crippen molar-refractivity contribution in [3.8, 4) is 0 Å². The normalized spacial score (nSPS) is 10.6. The number of carbonyl (C=O) groups is 1. The van der Waals surface area contributed by atoms with E-state index in [1.165, 1.54) is 5.56 Å². The van der Waals surface area contributed by atoms with Crippen LogP contribution in [0.2, 0.25) is 0 Å². The lowest BCUT2D eigenvalue weighted by Crippen LogP contribution is -1.92. The van der Waals surface area contributed by atoms with E-state index in [9.17, 15) is 4.79 Å². The van der Waals surface area contributed by atoms with Crippen molar-refractivity contribution in [2.45, 2.75) is 19.8 Å². The van der Waals surface area contributed by atoms with Crippen LogP contribution in [-0.4, -0.2) is 15.8 Å². The quantitative estimate of drug-likeness (QED) is 0.801. The maximum absolute atomic E-state index is 10.8. The van der Waals surface area contributed by atoms with Gasteiger partial charge in [-0.2, -0.15) is 0 Å². The Bertz CT molecular complexity index is 459. The van der Waals surface area contributed by atoms with Crippen molar-refractivity contribution in [2.75, 3.05) is 0 Å². The first-order valence-electron chi connectivity index (χ1n) is 4.67. The Kier molecular flexibility index (Phi) is 2.31. The van der Waals surface area contributed by atoms with Gasteiger partial charge in [0.2, 0.25) is 0 Å². The lowest BCUT2D eigenvalue weighted by molar-refractivity contribution is -0.116. The van der Waals surface area contributed by atoms with Crippen molar-refractivity contribution < 1.29 is 4.79 Å². The van der Waals surface area contributed by atoms with E-state index in [2.05, 4.69) is 9.97 Å². The van der Waals surface area contributed by atoms with Crippen molar-refractivity contribution in [3.05, 3.63) is 30.2 Å². The van der Waals surface area contributed by atoms with Gasteiger partial charge in [-0.25, -0.2) is 0 Å². The summed E-state index contributed by atoms with van der Waals surface area (Å²) in [6.45, 7) is 1.62. The van der Waals surface area contributed by atoms with Gasteiger partial charge in [0.25, 0.3) is 0 Å². The number of ketones is 1. The second-order valence-electron chi connectivity index (χ2n) is 3.44. The third kappa shape index (κ3) is 1.66. The maximum Gasteiger partial charge on any atom is 0.130 e. The topological polar surface area (TPSA) is 45.8 Å². The Balaban J connectivity index is 2.29. The summed E-state index contributed by atoms with van der Waals surface area (Å²) in [6, 6.07) is 1.94. The Morgan fingerprint density at radius 1 is 1.57 bits per heavy atom. The largest absolute Gasteiger partial charge is 0.361 e. The molecule has 0 spiro atoms. The summed E-state index contributed by atoms with van der Waals surface area (Å²) in [4.78, 5) is 18.1. The predicted octanol–water partition coefficient (Wildman–Crippen LogP) is 2.08. The highest BCUT2D eigenvalue weighted by Crippen LogP contribution is 2.17. The number of fused-ring (bicyclic) bond motifs is 1. The molecule has 0 fully saturated rings. The highest BCUT2D eigenvalue weighted by atomic mass is 16.1. The fourth-order valence-corrected chi connectivity index (χ4v) is 1.54. The number of aryl methyl sites for hydroxylation is 1. The molecule has 2 aromatic rings. The molecule has 3 nitrogen and oxygen atoms in total. The van der Waals surface area contributed by atoms with Gasteiger partial charge in [-0.05, 0) is 25.0 Å². The summed E-state index contributed by atoms with van der Waals surface area (Å²) in [5.41, 5.74) is 2.25. The number of Topliss-reactive ketones (excluding diaryl/α,β-unsaturated/α-hetero) is 1. The van der Waals surface area contributed by atoms with Crippen LogP contribution in [0.1, 0.15) is 18.9 Å². The van der Waals surface area contributed by atoms with Crippen LogP contribution in [0.15, 0.2) is 24.7 Å². The fourth-order valence-electron chi connectivity index (χ4n) is 1.54. The van der Waals surface area contributed by atoms with Crippen LogP contribution in [0.5, 0.6) is 0 Å². The number of hydrogen-bond acceptors (Lipinski definition) is 2. The van der Waals surface area contributed by atoms with E-state index >= 15 is 0 Å². The molecule has 0 unspecified atom stereocenters. The molecule has 2 aromatic heterocycles. The average molecular weight is 188 g/mol. The molecule has 0 aromatic carbocycles. The molecule has 0 aliphatic heterocycles. The fraction of sp³-hybridized carbons (Fsp3) is 0.273. The number of nitrogens with one attached hydrogen (secondary N) is 1. The molecule has 72 valence electrons. The number of rotatable bonds is 3. The number of aromatic nitrogens is 2. The van der Waals surface area contributed by atoms with Crippen molar-refractivity contribution in [1.29, 1.82) is 0 Å². The Labute approximate surface area is 82.2 Å². The van der Waals surface area contributed by atoms with Crippen molar-refractivity contribution in [1.82, 2.24) is 9.97 Å². The van der Waals surface area contributed by atoms with Gasteiger partial charge in [-0.3, -0.25) is 4.98 Å². The summed E-state index contributed by atoms with van der Waals surface area (Å²) in [5.74, 6) is 0.225. The summed E-state index contributed by atoms with van der Waals surface area (Å²) in [7, 11) is 0. The highest BCUT2D eigenvalue weighted by molar-refractivity contribution is 5.83. The smallest absolute Gasteiger partial charge is 0.130 e. The second kappa shape index (κ2) is 3.62. The van der Waals surface area contributed by atoms with Gasteiger partial charge in [0.1, 0.15) is 5.78 Å². The maximum atomic E-state index is 10.8. The molecule has 0 saturated heterocycles. The molecule has 0 amide bonds. The SMILES string of the molecule is CC(=O)CCc1c[nH]c2ccncc12. The van der Waals surface area contributed by atoms with Gasteiger partial charge in [0.15, 0.2) is 0 Å². The Hall–Kier alpha value is -1.64. The van der Waals surface area contributed by atoms with Crippen LogP contribution in [-0.2, 0) is 11.2 Å². The van der Waals surface area contributed by atoms with Crippen molar-refractivity contribution >= 4 is 16.7 Å². The van der Waals surface area contributed by atoms with Crippen LogP contribution >= 0.6 is 0 Å². The zero-order chi connectivity index (χ0) is 9.97. The first-order valence-corrected chi connectivity index (χ1v) is 4.67. The molecule has 0 aliphatic rings. The number of aromatic amines is 1. The minimum Gasteiger partial charge on any atom is -0.361 e. The Morgan fingerprint density at radius 3 is 3.21 bits per heavy atom. The summed E-state index contributed by atoms with van der Waals surface area (Å²) in [5, 5.41) is 1.12. The first-order chi connectivity index (χ1) is 6.77. The second-order valence-corrected chi connectivity index (χ2v) is 3.44. The van der Waals surface area contributed by atoms with E-state index in [0.29, 0.717) is 6.42 Å². The van der Waals surface area contributed by atoms with Gasteiger partial charge >= 0.3 is 0 Å². The monoisotopic (exact) mass is 188 g/mol. The minimum absolute atomic E-state index is 0.225. The molecule has 2 heterocycles. The predicted molar refractivity (Wildman–Crippen MR) is 55.1 cm³/mol.